The van der Waals surface area contributed by atoms with Crippen LogP contribution >= 0.6 is 0 Å². The minimum Gasteiger partial charge on any atom is -0.497 e. The molecule has 23 heavy (non-hydrogen) atoms. The summed E-state index contributed by atoms with van der Waals surface area (Å²) in [7, 11) is 1.34. The first-order valence-corrected chi connectivity index (χ1v) is 7.64. The maximum Gasteiger partial charge on any atom is 0.416 e. The first kappa shape index (κ1) is 17.4. The summed E-state index contributed by atoms with van der Waals surface area (Å²) in [6.07, 6.45) is -3.38. The van der Waals surface area contributed by atoms with Crippen molar-refractivity contribution in [3.8, 4) is 5.75 Å². The number of halogens is 3. The highest BCUT2D eigenvalue weighted by Gasteiger charge is 2.34. The zero-order valence-electron chi connectivity index (χ0n) is 13.5. The lowest BCUT2D eigenvalue weighted by molar-refractivity contribution is -0.138. The first-order valence-electron chi connectivity index (χ1n) is 7.64. The highest BCUT2D eigenvalue weighted by atomic mass is 19.4. The normalized spacial score (nSPS) is 21.0. The van der Waals surface area contributed by atoms with Gasteiger partial charge in [-0.15, -0.1) is 0 Å². The molecule has 128 valence electrons. The molecule has 2 atom stereocenters. The average molecular weight is 329 g/mol. The Labute approximate surface area is 134 Å². The van der Waals surface area contributed by atoms with Crippen molar-refractivity contribution in [2.24, 2.45) is 10.9 Å². The standard InChI is InChI=1S/C16H22F3N3O/c1-4-20-15(22-14-7-10(14)2)21-9-11-5-6-12(23-3)8-13(11)16(17,18)19/h5-6,8,10,14H,4,7,9H2,1-3H3,(H2,20,21,22). The molecule has 0 amide bonds. The fourth-order valence-corrected chi connectivity index (χ4v) is 2.27. The summed E-state index contributed by atoms with van der Waals surface area (Å²) < 4.78 is 44.4. The summed E-state index contributed by atoms with van der Waals surface area (Å²) in [6.45, 7) is 4.64. The summed E-state index contributed by atoms with van der Waals surface area (Å²) in [4.78, 5) is 4.28. The third-order valence-corrected chi connectivity index (χ3v) is 3.81. The van der Waals surface area contributed by atoms with Gasteiger partial charge in [0.05, 0.1) is 19.2 Å². The molecule has 1 aliphatic rings. The Kier molecular flexibility index (Phi) is 5.38. The van der Waals surface area contributed by atoms with E-state index in [0.717, 1.165) is 12.5 Å². The largest absolute Gasteiger partial charge is 0.497 e. The lowest BCUT2D eigenvalue weighted by Crippen LogP contribution is -2.39. The Morgan fingerprint density at radius 3 is 2.61 bits per heavy atom. The van der Waals surface area contributed by atoms with Crippen molar-refractivity contribution >= 4 is 5.96 Å². The number of alkyl halides is 3. The molecule has 0 spiro atoms. The van der Waals surface area contributed by atoms with Crippen LogP contribution in [0, 0.1) is 5.92 Å². The van der Waals surface area contributed by atoms with Crippen LogP contribution in [0.3, 0.4) is 0 Å². The van der Waals surface area contributed by atoms with E-state index in [-0.39, 0.29) is 17.9 Å². The van der Waals surface area contributed by atoms with Gasteiger partial charge in [0.1, 0.15) is 5.75 Å². The van der Waals surface area contributed by atoms with Crippen molar-refractivity contribution < 1.29 is 17.9 Å². The van der Waals surface area contributed by atoms with Crippen LogP contribution in [0.1, 0.15) is 31.4 Å². The molecular weight excluding hydrogens is 307 g/mol. The minimum atomic E-state index is -4.43. The number of aliphatic imine (C=N–C) groups is 1. The zero-order valence-corrected chi connectivity index (χ0v) is 13.5. The van der Waals surface area contributed by atoms with Crippen molar-refractivity contribution in [3.63, 3.8) is 0 Å². The van der Waals surface area contributed by atoms with Gasteiger partial charge in [-0.3, -0.25) is 0 Å². The highest BCUT2D eigenvalue weighted by Crippen LogP contribution is 2.34. The van der Waals surface area contributed by atoms with E-state index in [1.54, 1.807) is 0 Å². The molecule has 7 heteroatoms. The number of hydrogen-bond donors (Lipinski definition) is 2. The number of ether oxygens (including phenoxy) is 1. The van der Waals surface area contributed by atoms with Gasteiger partial charge in [0.15, 0.2) is 5.96 Å². The summed E-state index contributed by atoms with van der Waals surface area (Å²) in [5.74, 6) is 1.30. The maximum atomic E-state index is 13.2. The molecule has 2 rings (SSSR count). The second kappa shape index (κ2) is 7.10. The Hall–Kier alpha value is -1.92. The topological polar surface area (TPSA) is 45.7 Å². The highest BCUT2D eigenvalue weighted by molar-refractivity contribution is 5.80. The fraction of sp³-hybridized carbons (Fsp3) is 0.562. The second-order valence-corrected chi connectivity index (χ2v) is 5.68. The molecule has 0 radical (unpaired) electrons. The fourth-order valence-electron chi connectivity index (χ4n) is 2.27. The molecule has 0 aliphatic heterocycles. The number of nitrogens with one attached hydrogen (secondary N) is 2. The van der Waals surface area contributed by atoms with Gasteiger partial charge in [-0.25, -0.2) is 4.99 Å². The Bertz CT molecular complexity index is 572. The van der Waals surface area contributed by atoms with Gasteiger partial charge in [-0.1, -0.05) is 13.0 Å². The van der Waals surface area contributed by atoms with Crippen molar-refractivity contribution in [1.29, 1.82) is 0 Å². The third kappa shape index (κ3) is 4.77. The van der Waals surface area contributed by atoms with Crippen molar-refractivity contribution in [3.05, 3.63) is 29.3 Å². The Balaban J connectivity index is 2.18. The van der Waals surface area contributed by atoms with Crippen LogP contribution in [-0.4, -0.2) is 25.7 Å². The van der Waals surface area contributed by atoms with Crippen molar-refractivity contribution in [1.82, 2.24) is 10.6 Å². The number of methoxy groups -OCH3 is 1. The molecule has 1 saturated carbocycles. The van der Waals surface area contributed by atoms with Crippen molar-refractivity contribution in [2.75, 3.05) is 13.7 Å². The summed E-state index contributed by atoms with van der Waals surface area (Å²) in [5.41, 5.74) is -0.587. The number of nitrogens with zero attached hydrogens (tertiary/aromatic N) is 1. The van der Waals surface area contributed by atoms with E-state index < -0.39 is 11.7 Å². The Morgan fingerprint density at radius 1 is 1.39 bits per heavy atom. The maximum absolute atomic E-state index is 13.2. The lowest BCUT2D eigenvalue weighted by atomic mass is 10.1. The van der Waals surface area contributed by atoms with Gasteiger partial charge in [-0.2, -0.15) is 13.2 Å². The van der Waals surface area contributed by atoms with Crippen LogP contribution < -0.4 is 15.4 Å². The first-order chi connectivity index (χ1) is 10.8. The molecule has 0 bridgehead atoms. The van der Waals surface area contributed by atoms with E-state index >= 15 is 0 Å². The average Bonchev–Trinajstić information content (AvgIpc) is 3.19. The molecular formula is C16H22F3N3O. The van der Waals surface area contributed by atoms with Gasteiger partial charge in [0.25, 0.3) is 0 Å². The van der Waals surface area contributed by atoms with Gasteiger partial charge in [0.2, 0.25) is 0 Å². The summed E-state index contributed by atoms with van der Waals surface area (Å²) in [6, 6.07) is 4.29. The van der Waals surface area contributed by atoms with Crippen LogP contribution in [0.2, 0.25) is 0 Å². The van der Waals surface area contributed by atoms with E-state index in [4.69, 9.17) is 4.74 Å². The van der Waals surface area contributed by atoms with E-state index in [0.29, 0.717) is 24.5 Å². The van der Waals surface area contributed by atoms with E-state index in [9.17, 15) is 13.2 Å². The predicted molar refractivity (Wildman–Crippen MR) is 83.5 cm³/mol. The van der Waals surface area contributed by atoms with E-state index in [1.807, 2.05) is 6.92 Å². The molecule has 2 unspecified atom stereocenters. The lowest BCUT2D eigenvalue weighted by Gasteiger charge is -2.14. The van der Waals surface area contributed by atoms with Crippen molar-refractivity contribution in [2.45, 2.75) is 39.0 Å². The van der Waals surface area contributed by atoms with Gasteiger partial charge >= 0.3 is 6.18 Å². The monoisotopic (exact) mass is 329 g/mol. The molecule has 1 fully saturated rings. The SMILES string of the molecule is CCNC(=NCc1ccc(OC)cc1C(F)(F)F)NC1CC1C. The number of hydrogen-bond acceptors (Lipinski definition) is 2. The Morgan fingerprint density at radius 2 is 2.09 bits per heavy atom. The van der Waals surface area contributed by atoms with Gasteiger partial charge < -0.3 is 15.4 Å². The molecule has 0 heterocycles. The van der Waals surface area contributed by atoms with Crippen LogP contribution in [0.25, 0.3) is 0 Å². The van der Waals surface area contributed by atoms with Gasteiger partial charge in [-0.05, 0) is 37.0 Å². The molecule has 0 aromatic heterocycles. The molecule has 0 saturated heterocycles. The number of benzene rings is 1. The van der Waals surface area contributed by atoms with E-state index in [1.165, 1.54) is 19.2 Å². The van der Waals surface area contributed by atoms with E-state index in [2.05, 4.69) is 22.5 Å². The molecule has 2 N–H and O–H groups in total. The third-order valence-electron chi connectivity index (χ3n) is 3.81. The number of guanidine groups is 1. The number of rotatable bonds is 5. The predicted octanol–water partition coefficient (Wildman–Crippen LogP) is 3.18. The minimum absolute atomic E-state index is 0.0464. The van der Waals surface area contributed by atoms with Crippen LogP contribution in [0.15, 0.2) is 23.2 Å². The zero-order chi connectivity index (χ0) is 17.0. The van der Waals surface area contributed by atoms with Crippen LogP contribution in [0.5, 0.6) is 5.75 Å². The molecule has 4 nitrogen and oxygen atoms in total. The molecule has 1 aromatic rings. The quantitative estimate of drug-likeness (QED) is 0.644. The van der Waals surface area contributed by atoms with Crippen LogP contribution in [0.4, 0.5) is 13.2 Å². The smallest absolute Gasteiger partial charge is 0.416 e. The van der Waals surface area contributed by atoms with Gasteiger partial charge in [0, 0.05) is 12.6 Å². The molecule has 1 aromatic carbocycles. The summed E-state index contributed by atoms with van der Waals surface area (Å²) in [5, 5.41) is 6.28. The molecule has 1 aliphatic carbocycles. The second-order valence-electron chi connectivity index (χ2n) is 5.68. The van der Waals surface area contributed by atoms with Crippen LogP contribution in [-0.2, 0) is 12.7 Å². The summed E-state index contributed by atoms with van der Waals surface area (Å²) >= 11 is 0.